The van der Waals surface area contributed by atoms with E-state index in [2.05, 4.69) is 15.6 Å². The van der Waals surface area contributed by atoms with E-state index < -0.39 is 17.6 Å². The molecule has 0 fully saturated rings. The summed E-state index contributed by atoms with van der Waals surface area (Å²) in [6, 6.07) is 4.11. The molecule has 41 heavy (non-hydrogen) atoms. The molecule has 7 N–H and O–H groups in total. The first-order valence-electron chi connectivity index (χ1n) is 12.9. The molecule has 12 heteroatoms. The number of ether oxygens (including phenoxy) is 1. The highest BCUT2D eigenvalue weighted by Gasteiger charge is 2.34. The van der Waals surface area contributed by atoms with E-state index in [4.69, 9.17) is 21.4 Å². The molecule has 1 amide bonds. The Bertz CT molecular complexity index is 1380. The number of anilines is 1. The van der Waals surface area contributed by atoms with Crippen molar-refractivity contribution in [1.29, 1.82) is 0 Å². The minimum absolute atomic E-state index is 0.00300. The largest absolute Gasteiger partial charge is 0.495 e. The third-order valence-electron chi connectivity index (χ3n) is 6.49. The van der Waals surface area contributed by atoms with E-state index in [1.165, 1.54) is 31.3 Å². The summed E-state index contributed by atoms with van der Waals surface area (Å²) >= 11 is 0. The average molecular weight is 573 g/mol. The normalized spacial score (nSPS) is 14.0. The number of pyridine rings is 1. The number of nitrogens with two attached hydrogens (primary N) is 2. The van der Waals surface area contributed by atoms with Crippen LogP contribution in [0, 0.1) is 6.92 Å². The molecular weight excluding hydrogens is 537 g/mol. The van der Waals surface area contributed by atoms with Gasteiger partial charge in [-0.1, -0.05) is 19.1 Å². The van der Waals surface area contributed by atoms with E-state index in [-0.39, 0.29) is 36.5 Å². The number of carbonyl (C=O) groups is 1. The molecule has 3 rings (SSSR count). The zero-order chi connectivity index (χ0) is 30.2. The van der Waals surface area contributed by atoms with Crippen LogP contribution in [0.5, 0.6) is 5.75 Å². The Labute approximate surface area is 237 Å². The van der Waals surface area contributed by atoms with Gasteiger partial charge in [0.15, 0.2) is 0 Å². The summed E-state index contributed by atoms with van der Waals surface area (Å²) < 4.78 is 46.6. The van der Waals surface area contributed by atoms with Crippen molar-refractivity contribution in [2.45, 2.75) is 39.4 Å². The van der Waals surface area contributed by atoms with E-state index in [9.17, 15) is 18.0 Å². The molecule has 0 spiro atoms. The van der Waals surface area contributed by atoms with Gasteiger partial charge in [-0.2, -0.15) is 13.2 Å². The first-order chi connectivity index (χ1) is 19.5. The Morgan fingerprint density at radius 1 is 1.24 bits per heavy atom. The number of hydrazine groups is 1. The Balaban J connectivity index is 1.92. The number of alkyl halides is 3. The van der Waals surface area contributed by atoms with Crippen molar-refractivity contribution in [2.24, 2.45) is 11.6 Å². The molecule has 1 heterocycles. The molecule has 1 aromatic carbocycles. The number of nitrogens with zero attached hydrogens (tertiary/aromatic N) is 2. The number of nitrogens with one attached hydrogen (secondary N) is 2. The van der Waals surface area contributed by atoms with Gasteiger partial charge in [0.25, 0.3) is 5.91 Å². The van der Waals surface area contributed by atoms with Crippen molar-refractivity contribution in [2.75, 3.05) is 25.6 Å². The first-order valence-corrected chi connectivity index (χ1v) is 12.9. The standard InChI is InChI=1S/C29H35F3N6O3/c1-4-19-6-5-7-20(12-27(19)38(34)17-26(33)22-11-24(41-3)16-36-15-22)28(40)37-23-10-21(14-35-8-9-39)18(2)25(13-23)29(30,31)32/h6-7,10-13,15-17,35,39H,4-5,8-9,14,33-34H2,1-3H3,(H,37,40)/b26-17-. The summed E-state index contributed by atoms with van der Waals surface area (Å²) in [7, 11) is 1.51. The predicted octanol–water partition coefficient (Wildman–Crippen LogP) is 4.12. The molecule has 0 radical (unpaired) electrons. The van der Waals surface area contributed by atoms with E-state index in [0.29, 0.717) is 41.1 Å². The summed E-state index contributed by atoms with van der Waals surface area (Å²) in [5, 5.41) is 15.8. The lowest BCUT2D eigenvalue weighted by atomic mass is 10.00. The number of carbonyl (C=O) groups excluding carboxylic acids is 1. The van der Waals surface area contributed by atoms with Crippen molar-refractivity contribution in [3.8, 4) is 5.75 Å². The number of hydrogen-bond donors (Lipinski definition) is 5. The van der Waals surface area contributed by atoms with Gasteiger partial charge >= 0.3 is 6.18 Å². The van der Waals surface area contributed by atoms with Crippen molar-refractivity contribution < 1.29 is 27.8 Å². The van der Waals surface area contributed by atoms with Gasteiger partial charge in [-0.15, -0.1) is 0 Å². The van der Waals surface area contributed by atoms with Gasteiger partial charge < -0.3 is 26.2 Å². The first kappa shape index (κ1) is 31.4. The van der Waals surface area contributed by atoms with E-state index in [1.54, 1.807) is 30.6 Å². The average Bonchev–Trinajstić information content (AvgIpc) is 3.17. The molecule has 0 bridgehead atoms. The van der Waals surface area contributed by atoms with Crippen LogP contribution in [0.15, 0.2) is 71.9 Å². The number of aromatic nitrogens is 1. The number of hydrogen-bond acceptors (Lipinski definition) is 8. The maximum Gasteiger partial charge on any atom is 0.416 e. The number of aliphatic hydroxyl groups is 1. The highest BCUT2D eigenvalue weighted by Crippen LogP contribution is 2.35. The zero-order valence-electron chi connectivity index (χ0n) is 23.2. The van der Waals surface area contributed by atoms with Crippen LogP contribution >= 0.6 is 0 Å². The predicted molar refractivity (Wildman–Crippen MR) is 152 cm³/mol. The minimum Gasteiger partial charge on any atom is -0.495 e. The van der Waals surface area contributed by atoms with Gasteiger partial charge in [-0.3, -0.25) is 14.8 Å². The second-order valence-corrected chi connectivity index (χ2v) is 9.27. The van der Waals surface area contributed by atoms with Gasteiger partial charge in [0.05, 0.1) is 36.9 Å². The van der Waals surface area contributed by atoms with E-state index >= 15 is 0 Å². The van der Waals surface area contributed by atoms with Crippen LogP contribution in [0.3, 0.4) is 0 Å². The summed E-state index contributed by atoms with van der Waals surface area (Å²) in [6.07, 6.45) is 6.17. The lowest BCUT2D eigenvalue weighted by molar-refractivity contribution is -0.138. The molecule has 220 valence electrons. The molecule has 0 saturated carbocycles. The maximum atomic E-state index is 13.8. The Morgan fingerprint density at radius 3 is 2.66 bits per heavy atom. The molecule has 1 aliphatic rings. The number of rotatable bonds is 11. The monoisotopic (exact) mass is 572 g/mol. The minimum atomic E-state index is -4.62. The SMILES string of the molecule is CCC1=CCC=C(C(=O)Nc2cc(CNCCO)c(C)c(C(F)(F)F)c2)C=C1N(N)/C=C(\N)c1cncc(OC)c1. The molecule has 9 nitrogen and oxygen atoms in total. The fourth-order valence-electron chi connectivity index (χ4n) is 4.27. The van der Waals surface area contributed by atoms with Crippen LogP contribution < -0.4 is 26.9 Å². The van der Waals surface area contributed by atoms with Crippen LogP contribution in [0.2, 0.25) is 0 Å². The van der Waals surface area contributed by atoms with Crippen molar-refractivity contribution in [3.63, 3.8) is 0 Å². The number of halogens is 3. The van der Waals surface area contributed by atoms with E-state index in [1.807, 2.05) is 13.0 Å². The topological polar surface area (TPSA) is 139 Å². The molecule has 0 unspecified atom stereocenters. The molecule has 1 aliphatic carbocycles. The summed E-state index contributed by atoms with van der Waals surface area (Å²) in [4.78, 5) is 17.4. The summed E-state index contributed by atoms with van der Waals surface area (Å²) in [6.45, 7) is 3.46. The number of methoxy groups -OCH3 is 1. The van der Waals surface area contributed by atoms with Crippen LogP contribution in [-0.2, 0) is 17.5 Å². The van der Waals surface area contributed by atoms with Crippen molar-refractivity contribution in [3.05, 3.63) is 94.1 Å². The second-order valence-electron chi connectivity index (χ2n) is 9.27. The summed E-state index contributed by atoms with van der Waals surface area (Å²) in [5.74, 6) is 6.30. The highest BCUT2D eigenvalue weighted by atomic mass is 19.4. The maximum absolute atomic E-state index is 13.8. The van der Waals surface area contributed by atoms with Crippen LogP contribution in [0.1, 0.15) is 42.0 Å². The van der Waals surface area contributed by atoms with Gasteiger partial charge in [0, 0.05) is 42.3 Å². The van der Waals surface area contributed by atoms with Gasteiger partial charge in [-0.05, 0) is 60.7 Å². The molecule has 0 saturated heterocycles. The summed E-state index contributed by atoms with van der Waals surface area (Å²) in [5.41, 5.74) is 8.26. The third-order valence-corrected chi connectivity index (χ3v) is 6.49. The van der Waals surface area contributed by atoms with Crippen LogP contribution in [0.25, 0.3) is 5.70 Å². The van der Waals surface area contributed by atoms with Crippen LogP contribution in [-0.4, -0.2) is 41.3 Å². The van der Waals surface area contributed by atoms with Gasteiger partial charge in [0.2, 0.25) is 0 Å². The Hall–Kier alpha value is -4.13. The number of aliphatic hydroxyl groups excluding tert-OH is 1. The van der Waals surface area contributed by atoms with Crippen LogP contribution in [0.4, 0.5) is 18.9 Å². The quantitative estimate of drug-likeness (QED) is 0.154. The molecular formula is C29H35F3N6O3. The number of benzene rings is 1. The molecule has 0 aliphatic heterocycles. The Morgan fingerprint density at radius 2 is 2.00 bits per heavy atom. The van der Waals surface area contributed by atoms with Gasteiger partial charge in [-0.25, -0.2) is 5.84 Å². The number of amides is 1. The van der Waals surface area contributed by atoms with Crippen molar-refractivity contribution in [1.82, 2.24) is 15.3 Å². The van der Waals surface area contributed by atoms with Gasteiger partial charge in [0.1, 0.15) is 5.75 Å². The highest BCUT2D eigenvalue weighted by molar-refractivity contribution is 6.06. The lowest BCUT2D eigenvalue weighted by Gasteiger charge is -2.21. The number of allylic oxidation sites excluding steroid dienone is 3. The third kappa shape index (κ3) is 8.19. The second kappa shape index (κ2) is 14.0. The lowest BCUT2D eigenvalue weighted by Crippen LogP contribution is -2.27. The fourth-order valence-corrected chi connectivity index (χ4v) is 4.27. The Kier molecular flexibility index (Phi) is 10.7. The van der Waals surface area contributed by atoms with E-state index in [0.717, 1.165) is 11.6 Å². The zero-order valence-corrected chi connectivity index (χ0v) is 23.2. The van der Waals surface area contributed by atoms with Crippen molar-refractivity contribution >= 4 is 17.3 Å². The molecule has 1 aromatic heterocycles. The molecule has 2 aromatic rings. The fraction of sp³-hybridized carbons (Fsp3) is 0.310. The molecule has 0 atom stereocenters. The smallest absolute Gasteiger partial charge is 0.416 e.